The number of nitriles is 1. The Bertz CT molecular complexity index is 1170. The fraction of sp³-hybridized carbons (Fsp3) is 0.409. The van der Waals surface area contributed by atoms with Crippen LogP contribution >= 0.6 is 0 Å². The van der Waals surface area contributed by atoms with Gasteiger partial charge in [0.2, 0.25) is 5.78 Å². The molecule has 3 N–H and O–H groups in total. The summed E-state index contributed by atoms with van der Waals surface area (Å²) in [6.45, 7) is 1.95. The number of nitrogens with zero attached hydrogens (tertiary/aromatic N) is 3. The molecule has 1 aliphatic carbocycles. The highest BCUT2D eigenvalue weighted by molar-refractivity contribution is 6.53. The van der Waals surface area contributed by atoms with E-state index in [-0.39, 0.29) is 35.8 Å². The summed E-state index contributed by atoms with van der Waals surface area (Å²) in [5.74, 6) is -2.11. The Balaban J connectivity index is 1.62. The largest absolute Gasteiger partial charge is 0.449 e. The molecule has 10 heteroatoms. The molecule has 0 bridgehead atoms. The van der Waals surface area contributed by atoms with Gasteiger partial charge in [0.1, 0.15) is 6.61 Å². The summed E-state index contributed by atoms with van der Waals surface area (Å²) < 4.78 is 11.0. The number of amides is 1. The lowest BCUT2D eigenvalue weighted by Crippen LogP contribution is -2.55. The van der Waals surface area contributed by atoms with Crippen LogP contribution in [0.2, 0.25) is 0 Å². The van der Waals surface area contributed by atoms with E-state index in [9.17, 15) is 14.4 Å². The Kier molecular flexibility index (Phi) is 4.44. The van der Waals surface area contributed by atoms with Crippen LogP contribution in [0.25, 0.3) is 0 Å². The molecule has 164 valence electrons. The van der Waals surface area contributed by atoms with Crippen LogP contribution in [0.3, 0.4) is 0 Å². The van der Waals surface area contributed by atoms with Crippen molar-refractivity contribution < 1.29 is 23.9 Å². The normalized spacial score (nSPS) is 33.7. The molecule has 4 aliphatic rings. The summed E-state index contributed by atoms with van der Waals surface area (Å²) in [7, 11) is 1.52. The van der Waals surface area contributed by atoms with Crippen LogP contribution in [-0.2, 0) is 19.1 Å². The Morgan fingerprint density at radius 2 is 2.22 bits per heavy atom. The maximum atomic E-state index is 13.7. The molecule has 3 aliphatic heterocycles. The second kappa shape index (κ2) is 6.98. The van der Waals surface area contributed by atoms with E-state index in [0.717, 1.165) is 0 Å². The second-order valence-electron chi connectivity index (χ2n) is 8.34. The fourth-order valence-electron chi connectivity index (χ4n) is 5.31. The molecule has 0 saturated carbocycles. The summed E-state index contributed by atoms with van der Waals surface area (Å²) in [6, 6.07) is 8.57. The number of nitrogens with one attached hydrogen (secondary N) is 1. The van der Waals surface area contributed by atoms with Gasteiger partial charge in [-0.15, -0.1) is 0 Å². The summed E-state index contributed by atoms with van der Waals surface area (Å²) in [5.41, 5.74) is 5.60. The van der Waals surface area contributed by atoms with E-state index < -0.39 is 29.4 Å². The number of ketones is 2. The van der Waals surface area contributed by atoms with Crippen LogP contribution in [0.5, 0.6) is 0 Å². The lowest BCUT2D eigenvalue weighted by atomic mass is 9.78. The third-order valence-electron chi connectivity index (χ3n) is 6.76. The van der Waals surface area contributed by atoms with Crippen molar-refractivity contribution in [3.8, 4) is 6.07 Å². The monoisotopic (exact) mass is 435 g/mol. The number of ether oxygens (including phenoxy) is 2. The molecule has 1 aromatic carbocycles. The van der Waals surface area contributed by atoms with Crippen molar-refractivity contribution in [2.45, 2.75) is 24.7 Å². The molecule has 2 saturated heterocycles. The minimum absolute atomic E-state index is 0.0839. The van der Waals surface area contributed by atoms with E-state index in [1.165, 1.54) is 7.11 Å². The van der Waals surface area contributed by atoms with Crippen LogP contribution in [0.1, 0.15) is 12.5 Å². The number of hydrogen-bond donors (Lipinski definition) is 2. The molecule has 0 radical (unpaired) electrons. The average molecular weight is 435 g/mol. The number of primary amides is 1. The van der Waals surface area contributed by atoms with Crippen molar-refractivity contribution in [3.63, 3.8) is 0 Å². The fourth-order valence-corrected chi connectivity index (χ4v) is 5.31. The summed E-state index contributed by atoms with van der Waals surface area (Å²) in [6.07, 6.45) is -0.972. The number of nitrogens with two attached hydrogens (primary N) is 1. The van der Waals surface area contributed by atoms with Gasteiger partial charge in [-0.1, -0.05) is 6.07 Å². The predicted molar refractivity (Wildman–Crippen MR) is 111 cm³/mol. The van der Waals surface area contributed by atoms with Crippen molar-refractivity contribution >= 4 is 29.1 Å². The van der Waals surface area contributed by atoms with Crippen LogP contribution < -0.4 is 11.1 Å². The van der Waals surface area contributed by atoms with E-state index in [4.69, 9.17) is 20.5 Å². The first-order chi connectivity index (χ1) is 15.3. The van der Waals surface area contributed by atoms with E-state index in [1.54, 1.807) is 31.2 Å². The number of hydrogen-bond acceptors (Lipinski definition) is 9. The number of carbonyl (C=O) groups excluding carboxylic acids is 3. The SMILES string of the molecule is COC12C(COC(N)=O)C3=C(C(=O)C(C)C(=Nc4cccc(C#N)c4)C3=O)N1CC1NC12. The maximum absolute atomic E-state index is 13.7. The lowest BCUT2D eigenvalue weighted by molar-refractivity contribution is -0.138. The zero-order valence-corrected chi connectivity index (χ0v) is 17.5. The molecule has 32 heavy (non-hydrogen) atoms. The van der Waals surface area contributed by atoms with E-state index in [2.05, 4.69) is 10.3 Å². The number of allylic oxidation sites excluding steroid dienone is 1. The zero-order chi connectivity index (χ0) is 22.8. The molecule has 5 rings (SSSR count). The number of Topliss-reactive ketones (excluding diaryl/α,β-unsaturated/α-hetero) is 2. The zero-order valence-electron chi connectivity index (χ0n) is 17.5. The van der Waals surface area contributed by atoms with Gasteiger partial charge in [0, 0.05) is 25.3 Å². The Morgan fingerprint density at radius 3 is 2.91 bits per heavy atom. The molecule has 5 atom stereocenters. The molecule has 0 spiro atoms. The third kappa shape index (κ3) is 2.65. The molecule has 2 fully saturated rings. The van der Waals surface area contributed by atoms with Gasteiger partial charge in [0.05, 0.1) is 46.6 Å². The molecule has 1 aromatic rings. The standard InChI is InChI=1S/C22H21N5O5/c1-10-16(25-12-5-3-4-11(6-12)7-23)19(29)15-13(9-32-21(24)30)22(31-2)20-14(26-20)8-27(22)17(15)18(10)28/h3-6,10,13-14,20,26H,8-9H2,1-2H3,(H2,24,30). The minimum Gasteiger partial charge on any atom is -0.449 e. The van der Waals surface area contributed by atoms with Gasteiger partial charge in [0.15, 0.2) is 11.5 Å². The summed E-state index contributed by atoms with van der Waals surface area (Å²) in [5, 5.41) is 12.5. The van der Waals surface area contributed by atoms with Crippen LogP contribution in [-0.4, -0.2) is 66.3 Å². The first-order valence-corrected chi connectivity index (χ1v) is 10.3. The Morgan fingerprint density at radius 1 is 1.44 bits per heavy atom. The van der Waals surface area contributed by atoms with Gasteiger partial charge in [0.25, 0.3) is 0 Å². The van der Waals surface area contributed by atoms with Gasteiger partial charge in [-0.2, -0.15) is 5.26 Å². The van der Waals surface area contributed by atoms with Crippen molar-refractivity contribution in [1.82, 2.24) is 10.2 Å². The van der Waals surface area contributed by atoms with Crippen LogP contribution in [0, 0.1) is 23.2 Å². The van der Waals surface area contributed by atoms with Gasteiger partial charge in [-0.05, 0) is 25.1 Å². The highest BCUT2D eigenvalue weighted by Gasteiger charge is 2.73. The van der Waals surface area contributed by atoms with Crippen molar-refractivity contribution in [2.24, 2.45) is 22.6 Å². The smallest absolute Gasteiger partial charge is 0.404 e. The number of carbonyl (C=O) groups is 3. The van der Waals surface area contributed by atoms with E-state index >= 15 is 0 Å². The molecule has 5 unspecified atom stereocenters. The maximum Gasteiger partial charge on any atom is 0.404 e. The number of piperazine rings is 1. The molecular formula is C22H21N5O5. The number of aliphatic imine (C=N–C) groups is 1. The van der Waals surface area contributed by atoms with Crippen LogP contribution in [0.4, 0.5) is 10.5 Å². The molecule has 0 aromatic heterocycles. The molecule has 3 heterocycles. The highest BCUT2D eigenvalue weighted by Crippen LogP contribution is 2.55. The van der Waals surface area contributed by atoms with Gasteiger partial charge in [-0.3, -0.25) is 9.59 Å². The average Bonchev–Trinajstić information content (AvgIpc) is 3.39. The van der Waals surface area contributed by atoms with E-state index in [0.29, 0.717) is 23.5 Å². The lowest BCUT2D eigenvalue weighted by Gasteiger charge is -2.39. The Hall–Kier alpha value is -3.55. The molecule has 1 amide bonds. The number of rotatable bonds is 4. The van der Waals surface area contributed by atoms with Crippen LogP contribution in [0.15, 0.2) is 40.5 Å². The minimum atomic E-state index is -1.02. The van der Waals surface area contributed by atoms with Gasteiger partial charge in [-0.25, -0.2) is 9.79 Å². The van der Waals surface area contributed by atoms with Crippen molar-refractivity contribution in [2.75, 3.05) is 20.3 Å². The highest BCUT2D eigenvalue weighted by atomic mass is 16.6. The van der Waals surface area contributed by atoms with Gasteiger partial charge < -0.3 is 25.4 Å². The van der Waals surface area contributed by atoms with Crippen molar-refractivity contribution in [3.05, 3.63) is 41.1 Å². The topological polar surface area (TPSA) is 157 Å². The number of fused-ring (bicyclic) bond motifs is 4. The number of benzene rings is 1. The number of methoxy groups -OCH3 is 1. The first kappa shape index (κ1) is 20.4. The quantitative estimate of drug-likeness (QED) is 0.643. The molecular weight excluding hydrogens is 414 g/mol. The van der Waals surface area contributed by atoms with Crippen molar-refractivity contribution in [1.29, 1.82) is 5.26 Å². The molecule has 10 nitrogen and oxygen atoms in total. The predicted octanol–water partition coefficient (Wildman–Crippen LogP) is 0.397. The first-order valence-electron chi connectivity index (χ1n) is 10.3. The second-order valence-corrected chi connectivity index (χ2v) is 8.34. The van der Waals surface area contributed by atoms with E-state index in [1.807, 2.05) is 11.0 Å². The summed E-state index contributed by atoms with van der Waals surface area (Å²) >= 11 is 0. The Labute approximate surface area is 183 Å². The summed E-state index contributed by atoms with van der Waals surface area (Å²) in [4.78, 5) is 44.9. The third-order valence-corrected chi connectivity index (χ3v) is 6.76. The van der Waals surface area contributed by atoms with Gasteiger partial charge >= 0.3 is 6.09 Å².